The lowest BCUT2D eigenvalue weighted by atomic mass is 9.83. The molecule has 0 saturated heterocycles. The molecule has 1 aromatic carbocycles. The molecule has 2 nitrogen and oxygen atoms in total. The first kappa shape index (κ1) is 9.84. The number of fused-ring (bicyclic) bond motifs is 1. The summed E-state index contributed by atoms with van der Waals surface area (Å²) in [6.07, 6.45) is 0. The van der Waals surface area contributed by atoms with Crippen molar-refractivity contribution in [3.8, 4) is 0 Å². The van der Waals surface area contributed by atoms with E-state index in [9.17, 15) is 9.59 Å². The van der Waals surface area contributed by atoms with Crippen LogP contribution in [0.3, 0.4) is 0 Å². The maximum absolute atomic E-state index is 11.7. The lowest BCUT2D eigenvalue weighted by Gasteiger charge is -2.18. The molecular formula is C13H12O2. The van der Waals surface area contributed by atoms with Gasteiger partial charge in [0.25, 0.3) is 0 Å². The van der Waals surface area contributed by atoms with Gasteiger partial charge < -0.3 is 0 Å². The van der Waals surface area contributed by atoms with E-state index >= 15 is 0 Å². The second-order valence-corrected chi connectivity index (χ2v) is 3.91. The highest BCUT2D eigenvalue weighted by Crippen LogP contribution is 2.31. The van der Waals surface area contributed by atoms with E-state index in [-0.39, 0.29) is 11.6 Å². The van der Waals surface area contributed by atoms with Gasteiger partial charge in [0, 0.05) is 11.1 Å². The van der Waals surface area contributed by atoms with Gasteiger partial charge in [-0.25, -0.2) is 0 Å². The molecule has 2 heteroatoms. The summed E-state index contributed by atoms with van der Waals surface area (Å²) >= 11 is 0. The van der Waals surface area contributed by atoms with Gasteiger partial charge in [0.2, 0.25) is 11.6 Å². The van der Waals surface area contributed by atoms with Crippen LogP contribution in [0.4, 0.5) is 0 Å². The van der Waals surface area contributed by atoms with Crippen LogP contribution in [-0.2, 0) is 4.79 Å². The summed E-state index contributed by atoms with van der Waals surface area (Å²) in [5, 5.41) is 0. The molecule has 0 fully saturated rings. The number of carbonyl (C=O) groups excluding carboxylic acids is 2. The molecule has 0 unspecified atom stereocenters. The van der Waals surface area contributed by atoms with Crippen molar-refractivity contribution in [2.24, 2.45) is 0 Å². The maximum atomic E-state index is 11.7. The van der Waals surface area contributed by atoms with Crippen molar-refractivity contribution in [3.05, 3.63) is 40.5 Å². The number of rotatable bonds is 0. The summed E-state index contributed by atoms with van der Waals surface area (Å²) in [5.74, 6) is -0.748. The number of hydrogen-bond donors (Lipinski definition) is 0. The number of carbonyl (C=O) groups is 2. The Morgan fingerprint density at radius 2 is 1.53 bits per heavy atom. The Hall–Kier alpha value is -1.70. The van der Waals surface area contributed by atoms with Gasteiger partial charge in [-0.1, -0.05) is 18.2 Å². The quantitative estimate of drug-likeness (QED) is 0.603. The van der Waals surface area contributed by atoms with Crippen LogP contribution in [0.25, 0.3) is 5.57 Å². The van der Waals surface area contributed by atoms with Crippen LogP contribution in [-0.4, -0.2) is 11.6 Å². The van der Waals surface area contributed by atoms with Gasteiger partial charge in [0.1, 0.15) is 0 Å². The summed E-state index contributed by atoms with van der Waals surface area (Å²) in [6, 6.07) is 5.49. The number of aryl methyl sites for hydroxylation is 1. The van der Waals surface area contributed by atoms with Crippen LogP contribution in [0.1, 0.15) is 35.3 Å². The zero-order chi connectivity index (χ0) is 11.2. The third kappa shape index (κ3) is 1.25. The normalized spacial score (nSPS) is 15.7. The van der Waals surface area contributed by atoms with E-state index in [2.05, 4.69) is 0 Å². The molecule has 0 amide bonds. The Kier molecular flexibility index (Phi) is 2.07. The number of Topliss-reactive ketones (excluding diaryl/α,β-unsaturated/α-hetero) is 2. The fourth-order valence-electron chi connectivity index (χ4n) is 2.01. The van der Waals surface area contributed by atoms with Gasteiger partial charge in [0.15, 0.2) is 0 Å². The van der Waals surface area contributed by atoms with Gasteiger partial charge >= 0.3 is 0 Å². The van der Waals surface area contributed by atoms with Crippen LogP contribution in [0, 0.1) is 6.92 Å². The van der Waals surface area contributed by atoms with Gasteiger partial charge in [-0.05, 0) is 37.5 Å². The fraction of sp³-hybridized carbons (Fsp3) is 0.231. The van der Waals surface area contributed by atoms with E-state index in [1.165, 1.54) is 0 Å². The Labute approximate surface area is 88.6 Å². The molecule has 15 heavy (non-hydrogen) atoms. The van der Waals surface area contributed by atoms with Gasteiger partial charge in [-0.15, -0.1) is 0 Å². The van der Waals surface area contributed by atoms with Gasteiger partial charge in [-0.3, -0.25) is 9.59 Å². The van der Waals surface area contributed by atoms with Crippen molar-refractivity contribution in [3.63, 3.8) is 0 Å². The molecular weight excluding hydrogens is 188 g/mol. The Bertz CT molecular complexity index is 507. The molecule has 0 spiro atoms. The minimum atomic E-state index is -0.378. The molecule has 0 atom stereocenters. The first-order valence-corrected chi connectivity index (χ1v) is 4.90. The lowest BCUT2D eigenvalue weighted by Crippen LogP contribution is -2.22. The number of allylic oxidation sites excluding steroid dienone is 2. The molecule has 76 valence electrons. The summed E-state index contributed by atoms with van der Waals surface area (Å²) in [4.78, 5) is 23.3. The van der Waals surface area contributed by atoms with Crippen molar-refractivity contribution in [1.82, 2.24) is 0 Å². The summed E-state index contributed by atoms with van der Waals surface area (Å²) in [7, 11) is 0. The molecule has 0 bridgehead atoms. The maximum Gasteiger partial charge on any atom is 0.233 e. The third-order valence-corrected chi connectivity index (χ3v) is 3.00. The molecule has 0 saturated carbocycles. The first-order valence-electron chi connectivity index (χ1n) is 4.90. The average molecular weight is 200 g/mol. The van der Waals surface area contributed by atoms with Crippen molar-refractivity contribution in [1.29, 1.82) is 0 Å². The first-order chi connectivity index (χ1) is 7.04. The van der Waals surface area contributed by atoms with Crippen LogP contribution < -0.4 is 0 Å². The predicted molar refractivity (Wildman–Crippen MR) is 58.8 cm³/mol. The minimum absolute atomic E-state index is 0.370. The Balaban J connectivity index is 2.84. The summed E-state index contributed by atoms with van der Waals surface area (Å²) < 4.78 is 0. The predicted octanol–water partition coefficient (Wildman–Crippen LogP) is 2.55. The summed E-state index contributed by atoms with van der Waals surface area (Å²) in [6.45, 7) is 5.56. The third-order valence-electron chi connectivity index (χ3n) is 3.00. The molecule has 0 N–H and O–H groups in total. The van der Waals surface area contributed by atoms with Crippen LogP contribution in [0.15, 0.2) is 23.8 Å². The smallest absolute Gasteiger partial charge is 0.233 e. The molecule has 1 aliphatic rings. The van der Waals surface area contributed by atoms with Crippen molar-refractivity contribution in [2.45, 2.75) is 20.8 Å². The van der Waals surface area contributed by atoms with E-state index in [1.807, 2.05) is 26.0 Å². The second kappa shape index (κ2) is 3.16. The van der Waals surface area contributed by atoms with E-state index < -0.39 is 0 Å². The second-order valence-electron chi connectivity index (χ2n) is 3.91. The molecule has 1 aliphatic carbocycles. The standard InChI is InChI=1S/C13H12O2/c1-7-5-4-6-10-11(7)8(2)9(3)12(14)13(10)15/h4-6H,1-3H3. The van der Waals surface area contributed by atoms with E-state index in [0.29, 0.717) is 11.1 Å². The van der Waals surface area contributed by atoms with Gasteiger partial charge in [-0.2, -0.15) is 0 Å². The number of ketones is 2. The van der Waals surface area contributed by atoms with Crippen LogP contribution >= 0.6 is 0 Å². The average Bonchev–Trinajstić information content (AvgIpc) is 2.23. The largest absolute Gasteiger partial charge is 0.285 e. The van der Waals surface area contributed by atoms with Crippen molar-refractivity contribution < 1.29 is 9.59 Å². The fourth-order valence-corrected chi connectivity index (χ4v) is 2.01. The Morgan fingerprint density at radius 1 is 0.867 bits per heavy atom. The lowest BCUT2D eigenvalue weighted by molar-refractivity contribution is -0.111. The molecule has 0 radical (unpaired) electrons. The van der Waals surface area contributed by atoms with Crippen molar-refractivity contribution >= 4 is 17.1 Å². The molecule has 0 aromatic heterocycles. The SMILES string of the molecule is CC1=C(C)c2c(C)cccc2C(=O)C1=O. The zero-order valence-corrected chi connectivity index (χ0v) is 9.05. The van der Waals surface area contributed by atoms with E-state index in [4.69, 9.17) is 0 Å². The summed E-state index contributed by atoms with van der Waals surface area (Å²) in [5.41, 5.74) is 4.02. The molecule has 2 rings (SSSR count). The molecule has 0 heterocycles. The Morgan fingerprint density at radius 3 is 2.20 bits per heavy atom. The monoisotopic (exact) mass is 200 g/mol. The van der Waals surface area contributed by atoms with Crippen LogP contribution in [0.2, 0.25) is 0 Å². The highest BCUT2D eigenvalue weighted by Gasteiger charge is 2.28. The number of hydrogen-bond acceptors (Lipinski definition) is 2. The molecule has 1 aromatic rings. The van der Waals surface area contributed by atoms with Crippen LogP contribution in [0.5, 0.6) is 0 Å². The van der Waals surface area contributed by atoms with E-state index in [1.54, 1.807) is 13.0 Å². The highest BCUT2D eigenvalue weighted by atomic mass is 16.2. The van der Waals surface area contributed by atoms with Crippen molar-refractivity contribution in [2.75, 3.05) is 0 Å². The zero-order valence-electron chi connectivity index (χ0n) is 9.05. The number of benzene rings is 1. The highest BCUT2D eigenvalue weighted by molar-refractivity contribution is 6.52. The minimum Gasteiger partial charge on any atom is -0.285 e. The molecule has 0 aliphatic heterocycles. The topological polar surface area (TPSA) is 34.1 Å². The van der Waals surface area contributed by atoms with E-state index in [0.717, 1.165) is 16.7 Å². The van der Waals surface area contributed by atoms with Gasteiger partial charge in [0.05, 0.1) is 0 Å².